The molecule has 52 heavy (non-hydrogen) atoms. The Morgan fingerprint density at radius 3 is 2.06 bits per heavy atom. The Morgan fingerprint density at radius 2 is 1.21 bits per heavy atom. The normalized spacial score (nSPS) is 11.8. The quantitative estimate of drug-likeness (QED) is 0.131. The van der Waals surface area contributed by atoms with Crippen LogP contribution in [0.25, 0.3) is 81.7 Å². The van der Waals surface area contributed by atoms with Crippen LogP contribution in [-0.4, -0.2) is 19.5 Å². The van der Waals surface area contributed by atoms with Gasteiger partial charge in [0.15, 0.2) is 0 Å². The Bertz CT molecular complexity index is 3150. The predicted molar refractivity (Wildman–Crippen MR) is 206 cm³/mol. The van der Waals surface area contributed by atoms with Crippen LogP contribution in [0.5, 0.6) is 0 Å². The van der Waals surface area contributed by atoms with Gasteiger partial charge in [0.25, 0.3) is 0 Å². The molecular weight excluding hydrogens is 692 g/mol. The number of hydrogen-bond acceptors (Lipinski definition) is 4. The zero-order valence-electron chi connectivity index (χ0n) is 27.9. The zero-order chi connectivity index (χ0) is 33.7. The molecule has 0 radical (unpaired) electrons. The van der Waals surface area contributed by atoms with Crippen molar-refractivity contribution in [3.05, 3.63) is 170 Å². The van der Waals surface area contributed by atoms with Crippen molar-refractivity contribution in [2.75, 3.05) is 0 Å². The molecule has 7 nitrogen and oxygen atoms in total. The maximum atomic E-state index is 4.81. The van der Waals surface area contributed by atoms with Gasteiger partial charge < -0.3 is 24.5 Å². The van der Waals surface area contributed by atoms with Crippen molar-refractivity contribution < 1.29 is 19.5 Å². The van der Waals surface area contributed by atoms with Gasteiger partial charge in [0, 0.05) is 28.9 Å². The van der Waals surface area contributed by atoms with Gasteiger partial charge in [0.1, 0.15) is 0 Å². The fourth-order valence-corrected chi connectivity index (χ4v) is 7.30. The SMILES string of the molecule is [Zn+2].c1ccc(-n2c3cccnc3c3c4c(ccc32)c2ccccc2c2nc[n-]c24)cc1.c1ccc2c(N=c3[n-]ccc4ccccc34)nccc2c1. The molecule has 0 fully saturated rings. The summed E-state index contributed by atoms with van der Waals surface area (Å²) in [5.41, 5.74) is 6.91. The smallest absolute Gasteiger partial charge is 0.442 e. The summed E-state index contributed by atoms with van der Waals surface area (Å²) in [7, 11) is 0. The largest absolute Gasteiger partial charge is 2.00 e. The average molecular weight is 719 g/mol. The van der Waals surface area contributed by atoms with E-state index in [4.69, 9.17) is 4.98 Å². The van der Waals surface area contributed by atoms with E-state index in [9.17, 15) is 0 Å². The van der Waals surface area contributed by atoms with Crippen LogP contribution in [0, 0.1) is 0 Å². The molecule has 11 aromatic rings. The Balaban J connectivity index is 0.000000145. The first-order valence-electron chi connectivity index (χ1n) is 16.8. The van der Waals surface area contributed by atoms with E-state index < -0.39 is 0 Å². The molecule has 0 bridgehead atoms. The van der Waals surface area contributed by atoms with Gasteiger partial charge in [-0.3, -0.25) is 9.97 Å². The van der Waals surface area contributed by atoms with Gasteiger partial charge in [-0.1, -0.05) is 116 Å². The fraction of sp³-hybridized carbons (Fsp3) is 0. The van der Waals surface area contributed by atoms with Crippen molar-refractivity contribution in [3.63, 3.8) is 0 Å². The summed E-state index contributed by atoms with van der Waals surface area (Å²) in [6.07, 6.45) is 7.10. The molecule has 0 spiro atoms. The summed E-state index contributed by atoms with van der Waals surface area (Å²) in [5.74, 6) is 0.706. The van der Waals surface area contributed by atoms with Gasteiger partial charge in [0.05, 0.1) is 22.4 Å². The number of rotatable bonds is 2. The van der Waals surface area contributed by atoms with Crippen LogP contribution in [0.3, 0.4) is 0 Å². The first-order chi connectivity index (χ1) is 25.3. The van der Waals surface area contributed by atoms with Crippen LogP contribution in [0.1, 0.15) is 0 Å². The van der Waals surface area contributed by atoms with Crippen molar-refractivity contribution >= 4 is 81.9 Å². The minimum atomic E-state index is 0. The van der Waals surface area contributed by atoms with E-state index in [0.717, 1.165) is 71.0 Å². The zero-order valence-corrected chi connectivity index (χ0v) is 30.9. The number of fused-ring (bicyclic) bond motifs is 12. The summed E-state index contributed by atoms with van der Waals surface area (Å²) in [6, 6.07) is 47.6. The van der Waals surface area contributed by atoms with Gasteiger partial charge in [0.2, 0.25) is 0 Å². The maximum Gasteiger partial charge on any atom is 2.00 e. The molecule has 0 aliphatic heterocycles. The maximum absolute atomic E-state index is 4.81. The average Bonchev–Trinajstić information content (AvgIpc) is 3.83. The molecule has 8 heteroatoms. The Kier molecular flexibility index (Phi) is 7.87. The van der Waals surface area contributed by atoms with Gasteiger partial charge in [-0.15, -0.1) is 0 Å². The minimum Gasteiger partial charge on any atom is -0.442 e. The first kappa shape index (κ1) is 31.5. The van der Waals surface area contributed by atoms with Crippen LogP contribution < -0.4 is 15.5 Å². The predicted octanol–water partition coefficient (Wildman–Crippen LogP) is 9.57. The summed E-state index contributed by atoms with van der Waals surface area (Å²) in [4.78, 5) is 27.6. The molecule has 0 aliphatic rings. The minimum absolute atomic E-state index is 0. The molecule has 11 rings (SSSR count). The second-order valence-electron chi connectivity index (χ2n) is 12.4. The van der Waals surface area contributed by atoms with Crippen LogP contribution in [0.15, 0.2) is 169 Å². The van der Waals surface area contributed by atoms with Crippen LogP contribution in [-0.2, 0) is 19.5 Å². The summed E-state index contributed by atoms with van der Waals surface area (Å²) in [5, 5.41) is 10.1. The second-order valence-corrected chi connectivity index (χ2v) is 12.4. The van der Waals surface area contributed by atoms with Crippen LogP contribution in [0.4, 0.5) is 5.82 Å². The first-order valence-corrected chi connectivity index (χ1v) is 16.8. The fourth-order valence-electron chi connectivity index (χ4n) is 7.30. The summed E-state index contributed by atoms with van der Waals surface area (Å²) in [6.45, 7) is 0. The van der Waals surface area contributed by atoms with Crippen molar-refractivity contribution in [1.29, 1.82) is 0 Å². The number of aromatic nitrogens is 6. The molecule has 0 saturated heterocycles. The second kappa shape index (κ2) is 13.0. The van der Waals surface area contributed by atoms with E-state index in [1.807, 2.05) is 66.9 Å². The monoisotopic (exact) mass is 717 g/mol. The molecule has 240 valence electrons. The Morgan fingerprint density at radius 1 is 0.481 bits per heavy atom. The molecule has 5 aromatic heterocycles. The topological polar surface area (TPSA) is 84.2 Å². The Hall–Kier alpha value is -6.50. The van der Waals surface area contributed by atoms with Gasteiger partial charge >= 0.3 is 19.5 Å². The van der Waals surface area contributed by atoms with Gasteiger partial charge in [-0.2, -0.15) is 0 Å². The van der Waals surface area contributed by atoms with E-state index >= 15 is 0 Å². The van der Waals surface area contributed by atoms with E-state index in [1.165, 1.54) is 10.8 Å². The van der Waals surface area contributed by atoms with Crippen molar-refractivity contribution in [3.8, 4) is 5.69 Å². The van der Waals surface area contributed by atoms with E-state index in [-0.39, 0.29) is 19.5 Å². The van der Waals surface area contributed by atoms with Crippen LogP contribution >= 0.6 is 0 Å². The molecular formula is C44H27N7Zn. The molecule has 0 atom stereocenters. The third kappa shape index (κ3) is 5.07. The van der Waals surface area contributed by atoms with Gasteiger partial charge in [-0.25, -0.2) is 0 Å². The van der Waals surface area contributed by atoms with Gasteiger partial charge in [-0.05, 0) is 90.6 Å². The number of nitrogens with zero attached hydrogens (tertiary/aromatic N) is 7. The van der Waals surface area contributed by atoms with Crippen molar-refractivity contribution in [1.82, 2.24) is 29.5 Å². The van der Waals surface area contributed by atoms with E-state index in [2.05, 4.69) is 108 Å². The standard InChI is InChI=1S/C26H15N4.C18H12N3.Zn/c1-2-7-16(8-3-1)30-20-13-12-18-17-9-4-5-10-19(17)24-26(29-15-28-24)22(18)23(20)25-21(30)11-6-14-27-25;1-3-7-15-13(5-1)9-11-19-17(15)21-18-16-8-4-2-6-14(16)10-12-20-18;/h1-15H;1-12H;/q2*-1;+2. The van der Waals surface area contributed by atoms with Crippen molar-refractivity contribution in [2.45, 2.75) is 0 Å². The summed E-state index contributed by atoms with van der Waals surface area (Å²) < 4.78 is 2.29. The number of benzene rings is 6. The van der Waals surface area contributed by atoms with E-state index in [0.29, 0.717) is 11.3 Å². The molecule has 0 unspecified atom stereocenters. The number of hydrogen-bond donors (Lipinski definition) is 0. The molecule has 0 aliphatic carbocycles. The number of para-hydroxylation sites is 1. The van der Waals surface area contributed by atoms with Crippen molar-refractivity contribution in [2.24, 2.45) is 4.99 Å². The molecule has 0 saturated carbocycles. The molecule has 0 amide bonds. The molecule has 0 N–H and O–H groups in total. The van der Waals surface area contributed by atoms with E-state index in [1.54, 1.807) is 18.7 Å². The number of imidazole rings is 1. The molecule has 5 heterocycles. The summed E-state index contributed by atoms with van der Waals surface area (Å²) >= 11 is 0. The Labute approximate surface area is 310 Å². The van der Waals surface area contributed by atoms with Crippen LogP contribution in [0.2, 0.25) is 0 Å². The molecule has 6 aromatic carbocycles. The number of pyridine rings is 3. The third-order valence-electron chi connectivity index (χ3n) is 9.53. The third-order valence-corrected chi connectivity index (χ3v) is 9.53.